The number of aliphatic hydroxyl groups excluding tert-OH is 1. The molecule has 0 bridgehead atoms. The molecule has 0 aromatic rings. The molecule has 8 nitrogen and oxygen atoms in total. The van der Waals surface area contributed by atoms with Crippen LogP contribution in [0.1, 0.15) is 27.2 Å². The lowest BCUT2D eigenvalue weighted by Gasteiger charge is -2.17. The van der Waals surface area contributed by atoms with Crippen molar-refractivity contribution < 1.29 is 24.6 Å². The van der Waals surface area contributed by atoms with Gasteiger partial charge in [0.15, 0.2) is 6.04 Å². The van der Waals surface area contributed by atoms with Gasteiger partial charge in [0.25, 0.3) is 0 Å². The molecule has 0 saturated heterocycles. The molecule has 0 fully saturated rings. The van der Waals surface area contributed by atoms with Gasteiger partial charge >= 0.3 is 12.0 Å². The van der Waals surface area contributed by atoms with Gasteiger partial charge in [0.2, 0.25) is 5.91 Å². The smallest absolute Gasteiger partial charge is 0.328 e. The van der Waals surface area contributed by atoms with Crippen molar-refractivity contribution in [3.05, 3.63) is 0 Å². The molecule has 0 spiro atoms. The van der Waals surface area contributed by atoms with E-state index in [1.54, 1.807) is 0 Å². The van der Waals surface area contributed by atoms with Gasteiger partial charge in [-0.25, -0.2) is 9.59 Å². The minimum Gasteiger partial charge on any atom is -0.480 e. The topological polar surface area (TPSA) is 128 Å². The molecule has 0 saturated carbocycles. The maximum Gasteiger partial charge on any atom is 0.328 e. The van der Waals surface area contributed by atoms with E-state index < -0.39 is 24.1 Å². The summed E-state index contributed by atoms with van der Waals surface area (Å²) in [5, 5.41) is 25.0. The molecular weight excluding hydrogens is 254 g/mol. The van der Waals surface area contributed by atoms with Crippen LogP contribution in [-0.4, -0.2) is 52.9 Å². The summed E-state index contributed by atoms with van der Waals surface area (Å²) in [5.74, 6) is -1.54. The van der Waals surface area contributed by atoms with Gasteiger partial charge in [0.05, 0.1) is 6.10 Å². The van der Waals surface area contributed by atoms with Crippen molar-refractivity contribution in [1.82, 2.24) is 16.0 Å². The zero-order chi connectivity index (χ0) is 15.0. The summed E-state index contributed by atoms with van der Waals surface area (Å²) >= 11 is 0. The van der Waals surface area contributed by atoms with Crippen molar-refractivity contribution in [3.63, 3.8) is 0 Å². The molecule has 19 heavy (non-hydrogen) atoms. The predicted molar refractivity (Wildman–Crippen MR) is 67.5 cm³/mol. The van der Waals surface area contributed by atoms with Crippen molar-refractivity contribution >= 4 is 17.9 Å². The molecule has 8 heteroatoms. The van der Waals surface area contributed by atoms with Crippen molar-refractivity contribution in [2.45, 2.75) is 45.4 Å². The summed E-state index contributed by atoms with van der Waals surface area (Å²) in [7, 11) is 0. The van der Waals surface area contributed by atoms with Crippen LogP contribution >= 0.6 is 0 Å². The van der Waals surface area contributed by atoms with E-state index in [1.807, 2.05) is 13.8 Å². The SMILES string of the molecule is CC(C)NC(=O)CCNC(=O)NC(C(=O)O)C(C)O. The number of carboxylic acids is 1. The van der Waals surface area contributed by atoms with Gasteiger partial charge in [-0.05, 0) is 20.8 Å². The maximum atomic E-state index is 11.3. The summed E-state index contributed by atoms with van der Waals surface area (Å²) in [5.41, 5.74) is 0. The van der Waals surface area contributed by atoms with E-state index in [-0.39, 0.29) is 24.9 Å². The summed E-state index contributed by atoms with van der Waals surface area (Å²) in [6.07, 6.45) is -1.12. The molecule has 2 unspecified atom stereocenters. The van der Waals surface area contributed by atoms with Crippen molar-refractivity contribution in [1.29, 1.82) is 0 Å². The van der Waals surface area contributed by atoms with E-state index in [2.05, 4.69) is 16.0 Å². The second-order valence-electron chi connectivity index (χ2n) is 4.43. The minimum absolute atomic E-state index is 0.0213. The van der Waals surface area contributed by atoms with Gasteiger partial charge in [0, 0.05) is 19.0 Å². The number of hydrogen-bond acceptors (Lipinski definition) is 4. The third kappa shape index (κ3) is 7.98. The first-order valence-electron chi connectivity index (χ1n) is 5.98. The lowest BCUT2D eigenvalue weighted by Crippen LogP contribution is -2.51. The lowest BCUT2D eigenvalue weighted by atomic mass is 10.2. The van der Waals surface area contributed by atoms with Crippen LogP contribution < -0.4 is 16.0 Å². The first-order valence-corrected chi connectivity index (χ1v) is 5.98. The van der Waals surface area contributed by atoms with Crippen LogP contribution in [0.25, 0.3) is 0 Å². The Morgan fingerprint density at radius 1 is 1.11 bits per heavy atom. The van der Waals surface area contributed by atoms with Gasteiger partial charge in [-0.2, -0.15) is 0 Å². The summed E-state index contributed by atoms with van der Waals surface area (Å²) < 4.78 is 0. The summed E-state index contributed by atoms with van der Waals surface area (Å²) in [4.78, 5) is 33.3. The van der Waals surface area contributed by atoms with Crippen LogP contribution in [0.15, 0.2) is 0 Å². The van der Waals surface area contributed by atoms with Gasteiger partial charge < -0.3 is 26.2 Å². The fraction of sp³-hybridized carbons (Fsp3) is 0.727. The zero-order valence-electron chi connectivity index (χ0n) is 11.3. The highest BCUT2D eigenvalue weighted by molar-refractivity contribution is 5.83. The fourth-order valence-electron chi connectivity index (χ4n) is 1.26. The number of aliphatic hydroxyl groups is 1. The molecular formula is C11H21N3O5. The highest BCUT2D eigenvalue weighted by Gasteiger charge is 2.24. The Hall–Kier alpha value is -1.83. The molecule has 5 N–H and O–H groups in total. The van der Waals surface area contributed by atoms with Crippen molar-refractivity contribution in [2.75, 3.05) is 6.54 Å². The number of urea groups is 1. The molecule has 0 radical (unpaired) electrons. The fourth-order valence-corrected chi connectivity index (χ4v) is 1.26. The molecule has 0 aromatic heterocycles. The molecule has 2 atom stereocenters. The first-order chi connectivity index (χ1) is 8.73. The van der Waals surface area contributed by atoms with Gasteiger partial charge in [-0.1, -0.05) is 0 Å². The van der Waals surface area contributed by atoms with Gasteiger partial charge in [-0.3, -0.25) is 4.79 Å². The Morgan fingerprint density at radius 2 is 1.68 bits per heavy atom. The number of aliphatic carboxylic acids is 1. The van der Waals surface area contributed by atoms with Crippen LogP contribution in [0.2, 0.25) is 0 Å². The Bertz CT molecular complexity index is 330. The third-order valence-corrected chi connectivity index (χ3v) is 2.12. The van der Waals surface area contributed by atoms with E-state index in [0.29, 0.717) is 0 Å². The molecule has 0 aromatic carbocycles. The molecule has 0 heterocycles. The number of carbonyl (C=O) groups excluding carboxylic acids is 2. The number of carbonyl (C=O) groups is 3. The number of hydrogen-bond donors (Lipinski definition) is 5. The molecule has 0 rings (SSSR count). The van der Waals surface area contributed by atoms with Crippen LogP contribution in [0.4, 0.5) is 4.79 Å². The third-order valence-electron chi connectivity index (χ3n) is 2.12. The average molecular weight is 275 g/mol. The Labute approximate surface area is 111 Å². The quantitative estimate of drug-likeness (QED) is 0.408. The molecule has 0 aliphatic carbocycles. The first kappa shape index (κ1) is 17.2. The van der Waals surface area contributed by atoms with E-state index >= 15 is 0 Å². The zero-order valence-corrected chi connectivity index (χ0v) is 11.3. The number of carboxylic acid groups (broad SMARTS) is 1. The second kappa shape index (κ2) is 8.30. The number of rotatable bonds is 7. The second-order valence-corrected chi connectivity index (χ2v) is 4.43. The van der Waals surface area contributed by atoms with Crippen molar-refractivity contribution in [2.24, 2.45) is 0 Å². The normalized spacial score (nSPS) is 13.5. The minimum atomic E-state index is -1.38. The molecule has 3 amide bonds. The van der Waals surface area contributed by atoms with Crippen LogP contribution in [0.5, 0.6) is 0 Å². The van der Waals surface area contributed by atoms with Gasteiger partial charge in [0.1, 0.15) is 0 Å². The molecule has 0 aliphatic rings. The van der Waals surface area contributed by atoms with E-state index in [1.165, 1.54) is 6.92 Å². The Morgan fingerprint density at radius 3 is 2.11 bits per heavy atom. The molecule has 110 valence electrons. The monoisotopic (exact) mass is 275 g/mol. The highest BCUT2D eigenvalue weighted by atomic mass is 16.4. The largest absolute Gasteiger partial charge is 0.480 e. The maximum absolute atomic E-state index is 11.3. The van der Waals surface area contributed by atoms with Crippen LogP contribution in [0, 0.1) is 0 Å². The number of amides is 3. The summed E-state index contributed by atoms with van der Waals surface area (Å²) in [6, 6.07) is -2.11. The van der Waals surface area contributed by atoms with E-state index in [0.717, 1.165) is 0 Å². The Kier molecular flexibility index (Phi) is 7.50. The average Bonchev–Trinajstić information content (AvgIpc) is 2.23. The Balaban J connectivity index is 3.99. The summed E-state index contributed by atoms with van der Waals surface area (Å²) in [6.45, 7) is 4.97. The highest BCUT2D eigenvalue weighted by Crippen LogP contribution is 1.92. The standard InChI is InChI=1S/C11H21N3O5/c1-6(2)13-8(16)4-5-12-11(19)14-9(7(3)15)10(17)18/h6-7,9,15H,4-5H2,1-3H3,(H,13,16)(H,17,18)(H2,12,14,19). The van der Waals surface area contributed by atoms with Crippen LogP contribution in [-0.2, 0) is 9.59 Å². The van der Waals surface area contributed by atoms with Crippen molar-refractivity contribution in [3.8, 4) is 0 Å². The number of nitrogens with one attached hydrogen (secondary N) is 3. The van der Waals surface area contributed by atoms with Gasteiger partial charge in [-0.15, -0.1) is 0 Å². The van der Waals surface area contributed by atoms with Crippen LogP contribution in [0.3, 0.4) is 0 Å². The molecule has 0 aliphatic heterocycles. The van der Waals surface area contributed by atoms with E-state index in [4.69, 9.17) is 10.2 Å². The van der Waals surface area contributed by atoms with E-state index in [9.17, 15) is 14.4 Å². The predicted octanol–water partition coefficient (Wildman–Crippen LogP) is -0.966. The lowest BCUT2D eigenvalue weighted by molar-refractivity contribution is -0.141.